The molecular weight excluding hydrogens is 506 g/mol. The van der Waals surface area contributed by atoms with E-state index in [2.05, 4.69) is 29.3 Å². The molecule has 6 nitrogen and oxygen atoms in total. The number of anilines is 2. The molecule has 0 saturated carbocycles. The molecule has 196 valence electrons. The Bertz CT molecular complexity index is 1330. The summed E-state index contributed by atoms with van der Waals surface area (Å²) in [6, 6.07) is 21.0. The van der Waals surface area contributed by atoms with Gasteiger partial charge in [-0.25, -0.2) is 8.42 Å². The third-order valence-electron chi connectivity index (χ3n) is 6.77. The van der Waals surface area contributed by atoms with E-state index in [1.165, 1.54) is 42.8 Å². The van der Waals surface area contributed by atoms with Gasteiger partial charge in [-0.15, -0.1) is 0 Å². The molecule has 2 atom stereocenters. The van der Waals surface area contributed by atoms with Crippen molar-refractivity contribution in [2.45, 2.75) is 44.6 Å². The van der Waals surface area contributed by atoms with Gasteiger partial charge in [0.2, 0.25) is 5.91 Å². The molecule has 1 heterocycles. The Morgan fingerprint density at radius 3 is 2.46 bits per heavy atom. The summed E-state index contributed by atoms with van der Waals surface area (Å²) in [6.07, 6.45) is 2.47. The standard InChI is InChI=1S/C29H34ClN3O3S/c1-21-6-4-8-27(18-21)33(37(35,36)28-15-11-25(30)12-16-28)20-29(34)31-23(3)24-9-13-26(14-10-24)32-17-5-7-22(2)19-32/h4,6,8-16,18,22-23H,5,7,17,19-20H2,1-3H3,(H,31,34). The van der Waals surface area contributed by atoms with E-state index in [1.54, 1.807) is 18.2 Å². The van der Waals surface area contributed by atoms with Crippen LogP contribution in [-0.2, 0) is 14.8 Å². The van der Waals surface area contributed by atoms with E-state index in [-0.39, 0.29) is 23.4 Å². The van der Waals surface area contributed by atoms with Crippen molar-refractivity contribution in [1.29, 1.82) is 0 Å². The number of benzene rings is 3. The maximum absolute atomic E-state index is 13.6. The smallest absolute Gasteiger partial charge is 0.264 e. The highest BCUT2D eigenvalue weighted by molar-refractivity contribution is 7.92. The zero-order valence-electron chi connectivity index (χ0n) is 21.5. The lowest BCUT2D eigenvalue weighted by Gasteiger charge is -2.33. The molecular formula is C29H34ClN3O3S. The van der Waals surface area contributed by atoms with Gasteiger partial charge in [0, 0.05) is 23.8 Å². The first-order chi connectivity index (χ1) is 17.6. The maximum Gasteiger partial charge on any atom is 0.264 e. The van der Waals surface area contributed by atoms with Gasteiger partial charge < -0.3 is 10.2 Å². The molecule has 2 unspecified atom stereocenters. The monoisotopic (exact) mass is 539 g/mol. The number of nitrogens with one attached hydrogen (secondary N) is 1. The van der Waals surface area contributed by atoms with E-state index in [1.807, 2.05) is 32.0 Å². The summed E-state index contributed by atoms with van der Waals surface area (Å²) in [4.78, 5) is 15.6. The van der Waals surface area contributed by atoms with Crippen LogP contribution in [0.2, 0.25) is 5.02 Å². The van der Waals surface area contributed by atoms with Crippen LogP contribution in [0.25, 0.3) is 0 Å². The van der Waals surface area contributed by atoms with Gasteiger partial charge in [0.25, 0.3) is 10.0 Å². The Morgan fingerprint density at radius 2 is 1.81 bits per heavy atom. The van der Waals surface area contributed by atoms with Crippen molar-refractivity contribution in [2.75, 3.05) is 28.8 Å². The first-order valence-electron chi connectivity index (χ1n) is 12.6. The van der Waals surface area contributed by atoms with Crippen molar-refractivity contribution >= 4 is 38.9 Å². The second-order valence-electron chi connectivity index (χ2n) is 9.88. The summed E-state index contributed by atoms with van der Waals surface area (Å²) in [5.74, 6) is 0.299. The van der Waals surface area contributed by atoms with Crippen LogP contribution in [0.1, 0.15) is 43.9 Å². The zero-order valence-corrected chi connectivity index (χ0v) is 23.1. The second kappa shape index (κ2) is 11.6. The quantitative estimate of drug-likeness (QED) is 0.383. The highest BCUT2D eigenvalue weighted by Gasteiger charge is 2.28. The number of halogens is 1. The summed E-state index contributed by atoms with van der Waals surface area (Å²) in [5.41, 5.74) is 3.47. The average Bonchev–Trinajstić information content (AvgIpc) is 2.87. The molecule has 8 heteroatoms. The predicted octanol–water partition coefficient (Wildman–Crippen LogP) is 5.96. The normalized spacial score (nSPS) is 16.8. The largest absolute Gasteiger partial charge is 0.371 e. The van der Waals surface area contributed by atoms with Gasteiger partial charge in [-0.2, -0.15) is 0 Å². The molecule has 1 saturated heterocycles. The first-order valence-corrected chi connectivity index (χ1v) is 14.4. The molecule has 1 aliphatic rings. The van der Waals surface area contributed by atoms with Gasteiger partial charge in [-0.3, -0.25) is 9.10 Å². The number of rotatable bonds is 8. The van der Waals surface area contributed by atoms with Crippen LogP contribution in [0.15, 0.2) is 77.7 Å². The highest BCUT2D eigenvalue weighted by atomic mass is 35.5. The topological polar surface area (TPSA) is 69.7 Å². The third-order valence-corrected chi connectivity index (χ3v) is 8.81. The molecule has 3 aromatic rings. The summed E-state index contributed by atoms with van der Waals surface area (Å²) < 4.78 is 28.3. The molecule has 1 N–H and O–H groups in total. The van der Waals surface area contributed by atoms with Crippen LogP contribution in [0.4, 0.5) is 11.4 Å². The number of nitrogens with zero attached hydrogens (tertiary/aromatic N) is 2. The zero-order chi connectivity index (χ0) is 26.6. The van der Waals surface area contributed by atoms with Crippen molar-refractivity contribution < 1.29 is 13.2 Å². The second-order valence-corrected chi connectivity index (χ2v) is 12.2. The fraction of sp³-hybridized carbons (Fsp3) is 0.345. The lowest BCUT2D eigenvalue weighted by molar-refractivity contribution is -0.120. The number of amides is 1. The Kier molecular flexibility index (Phi) is 8.45. The number of carbonyl (C=O) groups excluding carboxylic acids is 1. The van der Waals surface area contributed by atoms with Crippen LogP contribution in [0, 0.1) is 12.8 Å². The Morgan fingerprint density at radius 1 is 1.11 bits per heavy atom. The van der Waals surface area contributed by atoms with Crippen molar-refractivity contribution in [3.05, 3.63) is 88.9 Å². The summed E-state index contributed by atoms with van der Waals surface area (Å²) >= 11 is 5.96. The molecule has 0 spiro atoms. The van der Waals surface area contributed by atoms with Gasteiger partial charge in [0.15, 0.2) is 0 Å². The van der Waals surface area contributed by atoms with Crippen molar-refractivity contribution in [3.8, 4) is 0 Å². The molecule has 37 heavy (non-hydrogen) atoms. The molecule has 0 aromatic heterocycles. The number of hydrogen-bond donors (Lipinski definition) is 1. The third kappa shape index (κ3) is 6.65. The molecule has 1 fully saturated rings. The number of piperidine rings is 1. The van der Waals surface area contributed by atoms with Gasteiger partial charge in [0.05, 0.1) is 16.6 Å². The molecule has 1 amide bonds. The molecule has 3 aromatic carbocycles. The average molecular weight is 540 g/mol. The van der Waals surface area contributed by atoms with Crippen LogP contribution in [-0.4, -0.2) is 34.0 Å². The number of hydrogen-bond acceptors (Lipinski definition) is 4. The van der Waals surface area contributed by atoms with E-state index in [0.717, 1.165) is 28.5 Å². The van der Waals surface area contributed by atoms with Crippen LogP contribution < -0.4 is 14.5 Å². The minimum Gasteiger partial charge on any atom is -0.371 e. The fourth-order valence-electron chi connectivity index (χ4n) is 4.73. The van der Waals surface area contributed by atoms with Gasteiger partial charge in [0.1, 0.15) is 6.54 Å². The fourth-order valence-corrected chi connectivity index (χ4v) is 6.27. The molecule has 1 aliphatic heterocycles. The van der Waals surface area contributed by atoms with Crippen LogP contribution in [0.3, 0.4) is 0 Å². The van der Waals surface area contributed by atoms with Crippen LogP contribution >= 0.6 is 11.6 Å². The van der Waals surface area contributed by atoms with E-state index in [0.29, 0.717) is 16.6 Å². The lowest BCUT2D eigenvalue weighted by Crippen LogP contribution is -2.41. The van der Waals surface area contributed by atoms with E-state index >= 15 is 0 Å². The highest BCUT2D eigenvalue weighted by Crippen LogP contribution is 2.27. The van der Waals surface area contributed by atoms with Gasteiger partial charge in [-0.05, 0) is 92.3 Å². The Balaban J connectivity index is 1.50. The number of sulfonamides is 1. The van der Waals surface area contributed by atoms with Crippen molar-refractivity contribution in [3.63, 3.8) is 0 Å². The maximum atomic E-state index is 13.6. The molecule has 0 bridgehead atoms. The Hall–Kier alpha value is -3.03. The van der Waals surface area contributed by atoms with Crippen molar-refractivity contribution in [1.82, 2.24) is 5.32 Å². The Labute approximate surface area is 225 Å². The molecule has 4 rings (SSSR count). The SMILES string of the molecule is Cc1cccc(N(CC(=O)NC(C)c2ccc(N3CCCC(C)C3)cc2)S(=O)(=O)c2ccc(Cl)cc2)c1. The number of aryl methyl sites for hydroxylation is 1. The van der Waals surface area contributed by atoms with E-state index in [9.17, 15) is 13.2 Å². The molecule has 0 radical (unpaired) electrons. The van der Waals surface area contributed by atoms with Gasteiger partial charge >= 0.3 is 0 Å². The van der Waals surface area contributed by atoms with Gasteiger partial charge in [-0.1, -0.05) is 42.8 Å². The lowest BCUT2D eigenvalue weighted by atomic mass is 9.99. The van der Waals surface area contributed by atoms with Crippen molar-refractivity contribution in [2.24, 2.45) is 5.92 Å². The minimum absolute atomic E-state index is 0.0712. The first kappa shape index (κ1) is 27.0. The summed E-state index contributed by atoms with van der Waals surface area (Å²) in [6.45, 7) is 7.84. The number of carbonyl (C=O) groups is 1. The van der Waals surface area contributed by atoms with E-state index in [4.69, 9.17) is 11.6 Å². The summed E-state index contributed by atoms with van der Waals surface area (Å²) in [5, 5.41) is 3.41. The van der Waals surface area contributed by atoms with Crippen LogP contribution in [0.5, 0.6) is 0 Å². The summed E-state index contributed by atoms with van der Waals surface area (Å²) in [7, 11) is -4.00. The predicted molar refractivity (Wildman–Crippen MR) is 151 cm³/mol. The minimum atomic E-state index is -4.00. The molecule has 0 aliphatic carbocycles. The van der Waals surface area contributed by atoms with E-state index < -0.39 is 10.0 Å².